The Morgan fingerprint density at radius 2 is 1.76 bits per heavy atom. The van der Waals surface area contributed by atoms with Gasteiger partial charge < -0.3 is 19.5 Å². The molecular formula is C17H29NO3. The van der Waals surface area contributed by atoms with Gasteiger partial charge in [0.2, 0.25) is 0 Å². The van der Waals surface area contributed by atoms with Gasteiger partial charge in [0, 0.05) is 19.8 Å². The van der Waals surface area contributed by atoms with Crippen molar-refractivity contribution < 1.29 is 14.2 Å². The lowest BCUT2D eigenvalue weighted by molar-refractivity contribution is 0.192. The molecule has 0 heterocycles. The summed E-state index contributed by atoms with van der Waals surface area (Å²) in [4.78, 5) is 0. The number of nitrogens with one attached hydrogen (secondary N) is 1. The Balaban J connectivity index is 2.51. The molecule has 1 atom stereocenters. The van der Waals surface area contributed by atoms with Gasteiger partial charge in [0.1, 0.15) is 0 Å². The van der Waals surface area contributed by atoms with Gasteiger partial charge in [-0.05, 0) is 49.9 Å². The molecule has 1 unspecified atom stereocenters. The van der Waals surface area contributed by atoms with E-state index in [1.54, 1.807) is 21.3 Å². The van der Waals surface area contributed by atoms with E-state index in [1.165, 1.54) is 18.4 Å². The van der Waals surface area contributed by atoms with Crippen LogP contribution < -0.4 is 14.8 Å². The minimum absolute atomic E-state index is 0.354. The molecule has 0 fully saturated rings. The molecule has 0 aliphatic carbocycles. The van der Waals surface area contributed by atoms with Gasteiger partial charge in [0.25, 0.3) is 0 Å². The monoisotopic (exact) mass is 295 g/mol. The second kappa shape index (κ2) is 10.5. The summed E-state index contributed by atoms with van der Waals surface area (Å²) in [5.41, 5.74) is 1.24. The fourth-order valence-corrected chi connectivity index (χ4v) is 2.39. The van der Waals surface area contributed by atoms with Crippen LogP contribution in [-0.2, 0) is 4.74 Å². The molecule has 0 radical (unpaired) electrons. The van der Waals surface area contributed by atoms with Crippen LogP contribution in [0.4, 0.5) is 0 Å². The average molecular weight is 295 g/mol. The molecule has 1 aromatic carbocycles. The Morgan fingerprint density at radius 3 is 2.38 bits per heavy atom. The molecule has 0 saturated carbocycles. The molecular weight excluding hydrogens is 266 g/mol. The maximum Gasteiger partial charge on any atom is 0.161 e. The molecule has 0 amide bonds. The number of hydrogen-bond acceptors (Lipinski definition) is 4. The zero-order chi connectivity index (χ0) is 15.5. The van der Waals surface area contributed by atoms with Crippen LogP contribution in [0, 0.1) is 0 Å². The van der Waals surface area contributed by atoms with Gasteiger partial charge >= 0.3 is 0 Å². The normalized spacial score (nSPS) is 12.2. The first kappa shape index (κ1) is 17.8. The minimum atomic E-state index is 0.354. The second-order valence-corrected chi connectivity index (χ2v) is 5.08. The lowest BCUT2D eigenvalue weighted by Gasteiger charge is -2.19. The van der Waals surface area contributed by atoms with E-state index in [2.05, 4.69) is 24.4 Å². The number of ether oxygens (including phenoxy) is 3. The first-order valence-electron chi connectivity index (χ1n) is 7.71. The highest BCUT2D eigenvalue weighted by atomic mass is 16.5. The van der Waals surface area contributed by atoms with Crippen LogP contribution in [-0.4, -0.2) is 34.5 Å². The van der Waals surface area contributed by atoms with Crippen LogP contribution in [0.5, 0.6) is 11.5 Å². The zero-order valence-electron chi connectivity index (χ0n) is 13.8. The molecule has 21 heavy (non-hydrogen) atoms. The summed E-state index contributed by atoms with van der Waals surface area (Å²) in [5.74, 6) is 1.56. The standard InChI is InChI=1S/C17H29NO3/c1-5-15(18-11-7-6-8-12-19-2)14-9-10-16(20-3)17(13-14)21-4/h9-10,13,15,18H,5-8,11-12H2,1-4H3. The molecule has 4 heteroatoms. The third-order valence-corrected chi connectivity index (χ3v) is 3.63. The summed E-state index contributed by atoms with van der Waals surface area (Å²) >= 11 is 0. The molecule has 1 N–H and O–H groups in total. The molecule has 120 valence electrons. The second-order valence-electron chi connectivity index (χ2n) is 5.08. The van der Waals surface area contributed by atoms with Crippen LogP contribution >= 0.6 is 0 Å². The van der Waals surface area contributed by atoms with Crippen molar-refractivity contribution in [3.8, 4) is 11.5 Å². The van der Waals surface area contributed by atoms with Gasteiger partial charge in [0.05, 0.1) is 14.2 Å². The molecule has 0 spiro atoms. The number of methoxy groups -OCH3 is 3. The number of rotatable bonds is 11. The highest BCUT2D eigenvalue weighted by Gasteiger charge is 2.12. The largest absolute Gasteiger partial charge is 0.493 e. The summed E-state index contributed by atoms with van der Waals surface area (Å²) < 4.78 is 15.7. The van der Waals surface area contributed by atoms with Crippen molar-refractivity contribution in [1.82, 2.24) is 5.32 Å². The Labute approximate surface area is 128 Å². The van der Waals surface area contributed by atoms with E-state index in [-0.39, 0.29) is 0 Å². The van der Waals surface area contributed by atoms with E-state index in [0.717, 1.165) is 37.5 Å². The highest BCUT2D eigenvalue weighted by molar-refractivity contribution is 5.43. The molecule has 0 aromatic heterocycles. The molecule has 0 bridgehead atoms. The minimum Gasteiger partial charge on any atom is -0.493 e. The fraction of sp³-hybridized carbons (Fsp3) is 0.647. The Hall–Kier alpha value is -1.26. The van der Waals surface area contributed by atoms with E-state index >= 15 is 0 Å². The van der Waals surface area contributed by atoms with E-state index in [9.17, 15) is 0 Å². The van der Waals surface area contributed by atoms with E-state index in [1.807, 2.05) is 6.07 Å². The van der Waals surface area contributed by atoms with Gasteiger partial charge in [-0.2, -0.15) is 0 Å². The van der Waals surface area contributed by atoms with Crippen LogP contribution in [0.15, 0.2) is 18.2 Å². The summed E-state index contributed by atoms with van der Waals surface area (Å²) in [6.45, 7) is 4.07. The fourth-order valence-electron chi connectivity index (χ4n) is 2.39. The van der Waals surface area contributed by atoms with Crippen molar-refractivity contribution in [2.24, 2.45) is 0 Å². The van der Waals surface area contributed by atoms with Gasteiger partial charge in [-0.15, -0.1) is 0 Å². The van der Waals surface area contributed by atoms with Gasteiger partial charge in [-0.25, -0.2) is 0 Å². The van der Waals surface area contributed by atoms with Crippen molar-refractivity contribution in [3.63, 3.8) is 0 Å². The van der Waals surface area contributed by atoms with Crippen LogP contribution in [0.25, 0.3) is 0 Å². The smallest absolute Gasteiger partial charge is 0.161 e. The lowest BCUT2D eigenvalue weighted by atomic mass is 10.0. The van der Waals surface area contributed by atoms with Crippen LogP contribution in [0.3, 0.4) is 0 Å². The van der Waals surface area contributed by atoms with Crippen LogP contribution in [0.2, 0.25) is 0 Å². The van der Waals surface area contributed by atoms with E-state index in [0.29, 0.717) is 6.04 Å². The van der Waals surface area contributed by atoms with Crippen molar-refractivity contribution in [3.05, 3.63) is 23.8 Å². The third kappa shape index (κ3) is 5.94. The Morgan fingerprint density at radius 1 is 1.00 bits per heavy atom. The number of benzene rings is 1. The molecule has 4 nitrogen and oxygen atoms in total. The summed E-state index contributed by atoms with van der Waals surface area (Å²) in [7, 11) is 5.08. The summed E-state index contributed by atoms with van der Waals surface area (Å²) in [6, 6.07) is 6.49. The van der Waals surface area contributed by atoms with Crippen molar-refractivity contribution in [1.29, 1.82) is 0 Å². The predicted molar refractivity (Wildman–Crippen MR) is 86.3 cm³/mol. The predicted octanol–water partition coefficient (Wildman–Crippen LogP) is 3.56. The van der Waals surface area contributed by atoms with E-state index < -0.39 is 0 Å². The number of hydrogen-bond donors (Lipinski definition) is 1. The quantitative estimate of drug-likeness (QED) is 0.634. The molecule has 0 aliphatic heterocycles. The summed E-state index contributed by atoms with van der Waals surface area (Å²) in [5, 5.41) is 3.61. The van der Waals surface area contributed by atoms with Crippen molar-refractivity contribution in [2.75, 3.05) is 34.5 Å². The topological polar surface area (TPSA) is 39.7 Å². The van der Waals surface area contributed by atoms with Crippen molar-refractivity contribution in [2.45, 2.75) is 38.6 Å². The van der Waals surface area contributed by atoms with Gasteiger partial charge in [0.15, 0.2) is 11.5 Å². The van der Waals surface area contributed by atoms with E-state index in [4.69, 9.17) is 14.2 Å². The maximum atomic E-state index is 5.37. The van der Waals surface area contributed by atoms with Gasteiger partial charge in [-0.3, -0.25) is 0 Å². The van der Waals surface area contributed by atoms with Crippen molar-refractivity contribution >= 4 is 0 Å². The van der Waals surface area contributed by atoms with Crippen LogP contribution in [0.1, 0.15) is 44.2 Å². The molecule has 0 aliphatic rings. The third-order valence-electron chi connectivity index (χ3n) is 3.63. The average Bonchev–Trinajstić information content (AvgIpc) is 2.53. The molecule has 0 saturated heterocycles. The molecule has 1 aromatic rings. The highest BCUT2D eigenvalue weighted by Crippen LogP contribution is 2.30. The Kier molecular flexibility index (Phi) is 8.87. The Bertz CT molecular complexity index is 396. The SMILES string of the molecule is CCC(NCCCCCOC)c1ccc(OC)c(OC)c1. The lowest BCUT2D eigenvalue weighted by Crippen LogP contribution is -2.22. The first-order valence-corrected chi connectivity index (χ1v) is 7.71. The number of unbranched alkanes of at least 4 members (excludes halogenated alkanes) is 2. The molecule has 1 rings (SSSR count). The zero-order valence-corrected chi connectivity index (χ0v) is 13.8. The summed E-state index contributed by atoms with van der Waals surface area (Å²) in [6.07, 6.45) is 4.55. The van der Waals surface area contributed by atoms with Gasteiger partial charge in [-0.1, -0.05) is 13.0 Å². The first-order chi connectivity index (χ1) is 10.3. The maximum absolute atomic E-state index is 5.37.